The van der Waals surface area contributed by atoms with Crippen molar-refractivity contribution >= 4 is 11.6 Å². The molecule has 2 heterocycles. The number of hydrogen-bond donors (Lipinski definition) is 1. The first-order valence-electron chi connectivity index (χ1n) is 8.58. The van der Waals surface area contributed by atoms with Gasteiger partial charge in [-0.3, -0.25) is 14.6 Å². The summed E-state index contributed by atoms with van der Waals surface area (Å²) in [5.74, 6) is 0.554. The Morgan fingerprint density at radius 2 is 1.96 bits per heavy atom. The van der Waals surface area contributed by atoms with Gasteiger partial charge in [0.25, 0.3) is 5.56 Å². The topological polar surface area (TPSA) is 86.1 Å². The van der Waals surface area contributed by atoms with Crippen LogP contribution in [0.2, 0.25) is 0 Å². The van der Waals surface area contributed by atoms with Crippen LogP contribution in [-0.4, -0.2) is 27.8 Å². The first kappa shape index (κ1) is 18.3. The van der Waals surface area contributed by atoms with Crippen molar-refractivity contribution in [3.63, 3.8) is 0 Å². The third kappa shape index (κ3) is 5.01. The second-order valence-electron chi connectivity index (χ2n) is 5.90. The van der Waals surface area contributed by atoms with E-state index in [1.54, 1.807) is 37.7 Å². The maximum absolute atomic E-state index is 12.1. The van der Waals surface area contributed by atoms with Crippen LogP contribution in [0, 0.1) is 0 Å². The minimum Gasteiger partial charge on any atom is -0.497 e. The number of aromatic nitrogens is 3. The minimum atomic E-state index is -0.194. The van der Waals surface area contributed by atoms with Crippen LogP contribution in [0.15, 0.2) is 65.7 Å². The largest absolute Gasteiger partial charge is 0.497 e. The average molecular weight is 364 g/mol. The number of benzene rings is 1. The van der Waals surface area contributed by atoms with E-state index in [1.807, 2.05) is 24.3 Å². The second kappa shape index (κ2) is 8.75. The Balaban J connectivity index is 1.58. The van der Waals surface area contributed by atoms with Gasteiger partial charge in [0, 0.05) is 48.7 Å². The predicted octanol–water partition coefficient (Wildman–Crippen LogP) is 2.73. The van der Waals surface area contributed by atoms with Gasteiger partial charge < -0.3 is 10.1 Å². The summed E-state index contributed by atoms with van der Waals surface area (Å²) in [7, 11) is 1.58. The number of nitrogens with one attached hydrogen (secondary N) is 1. The molecule has 0 bridgehead atoms. The number of aryl methyl sites for hydroxylation is 1. The number of carbonyl (C=O) groups is 1. The molecule has 0 fully saturated rings. The van der Waals surface area contributed by atoms with Crippen molar-refractivity contribution in [1.29, 1.82) is 0 Å². The Morgan fingerprint density at radius 1 is 1.15 bits per heavy atom. The Labute approximate surface area is 156 Å². The Kier molecular flexibility index (Phi) is 5.94. The Hall–Kier alpha value is -3.48. The van der Waals surface area contributed by atoms with Gasteiger partial charge in [0.05, 0.1) is 12.8 Å². The zero-order valence-corrected chi connectivity index (χ0v) is 15.0. The van der Waals surface area contributed by atoms with Crippen LogP contribution in [0.4, 0.5) is 5.69 Å². The Morgan fingerprint density at radius 3 is 2.74 bits per heavy atom. The number of pyridine rings is 1. The molecule has 3 aromatic rings. The van der Waals surface area contributed by atoms with E-state index in [-0.39, 0.29) is 17.9 Å². The second-order valence-corrected chi connectivity index (χ2v) is 5.90. The van der Waals surface area contributed by atoms with Crippen molar-refractivity contribution in [2.75, 3.05) is 12.4 Å². The summed E-state index contributed by atoms with van der Waals surface area (Å²) in [6.45, 7) is 0.364. The fourth-order valence-corrected chi connectivity index (χ4v) is 2.60. The molecule has 0 radical (unpaired) electrons. The van der Waals surface area contributed by atoms with Crippen molar-refractivity contribution < 1.29 is 9.53 Å². The van der Waals surface area contributed by atoms with Crippen LogP contribution >= 0.6 is 0 Å². The summed E-state index contributed by atoms with van der Waals surface area (Å²) in [5, 5.41) is 7.20. The van der Waals surface area contributed by atoms with Crippen molar-refractivity contribution in [3.8, 4) is 17.0 Å². The maximum atomic E-state index is 12.1. The van der Waals surface area contributed by atoms with Crippen molar-refractivity contribution in [2.24, 2.45) is 0 Å². The highest BCUT2D eigenvalue weighted by Gasteiger charge is 2.06. The monoisotopic (exact) mass is 364 g/mol. The molecule has 0 atom stereocenters. The molecule has 27 heavy (non-hydrogen) atoms. The van der Waals surface area contributed by atoms with E-state index in [4.69, 9.17) is 4.74 Å². The number of rotatable bonds is 7. The zero-order chi connectivity index (χ0) is 19.1. The van der Waals surface area contributed by atoms with Crippen LogP contribution in [0.3, 0.4) is 0 Å². The molecule has 1 N–H and O–H groups in total. The number of nitrogens with zero attached hydrogens (tertiary/aromatic N) is 3. The van der Waals surface area contributed by atoms with Crippen LogP contribution in [0.25, 0.3) is 11.3 Å². The number of methoxy groups -OCH3 is 1. The van der Waals surface area contributed by atoms with Gasteiger partial charge in [-0.05, 0) is 36.8 Å². The molecule has 0 aliphatic rings. The normalized spacial score (nSPS) is 10.4. The molecular weight excluding hydrogens is 344 g/mol. The fourth-order valence-electron chi connectivity index (χ4n) is 2.60. The first-order chi connectivity index (χ1) is 13.2. The van der Waals surface area contributed by atoms with Gasteiger partial charge in [0.2, 0.25) is 5.91 Å². The molecule has 138 valence electrons. The van der Waals surface area contributed by atoms with Gasteiger partial charge in [0.15, 0.2) is 0 Å². The smallest absolute Gasteiger partial charge is 0.266 e. The molecule has 7 nitrogen and oxygen atoms in total. The summed E-state index contributed by atoms with van der Waals surface area (Å²) in [6, 6.07) is 14.0. The van der Waals surface area contributed by atoms with Crippen molar-refractivity contribution in [2.45, 2.75) is 19.4 Å². The van der Waals surface area contributed by atoms with Gasteiger partial charge >= 0.3 is 0 Å². The van der Waals surface area contributed by atoms with Crippen LogP contribution < -0.4 is 15.6 Å². The maximum Gasteiger partial charge on any atom is 0.266 e. The lowest BCUT2D eigenvalue weighted by Gasteiger charge is -2.08. The van der Waals surface area contributed by atoms with E-state index in [0.717, 1.165) is 5.56 Å². The molecule has 7 heteroatoms. The van der Waals surface area contributed by atoms with Gasteiger partial charge in [-0.25, -0.2) is 4.68 Å². The molecule has 1 aromatic carbocycles. The molecule has 3 rings (SSSR count). The third-order valence-corrected chi connectivity index (χ3v) is 3.97. The lowest BCUT2D eigenvalue weighted by atomic mass is 10.2. The SMILES string of the molecule is COc1cccc(NC(=O)CCCn2nc(-c3ccncc3)ccc2=O)c1. The van der Waals surface area contributed by atoms with Crippen molar-refractivity contribution in [3.05, 3.63) is 71.3 Å². The highest BCUT2D eigenvalue weighted by Crippen LogP contribution is 2.17. The lowest BCUT2D eigenvalue weighted by Crippen LogP contribution is -2.23. The standard InChI is InChI=1S/C20H20N4O3/c1-27-17-5-2-4-16(14-17)22-19(25)6-3-13-24-20(26)8-7-18(23-24)15-9-11-21-12-10-15/h2,4-5,7-12,14H,3,6,13H2,1H3,(H,22,25). The summed E-state index contributed by atoms with van der Waals surface area (Å²) in [4.78, 5) is 28.1. The van der Waals surface area contributed by atoms with Crippen LogP contribution in [0.5, 0.6) is 5.75 Å². The van der Waals surface area contributed by atoms with E-state index in [1.165, 1.54) is 10.7 Å². The fraction of sp³-hybridized carbons (Fsp3) is 0.200. The molecule has 0 aliphatic carbocycles. The van der Waals surface area contributed by atoms with Gasteiger partial charge in [-0.15, -0.1) is 0 Å². The minimum absolute atomic E-state index is 0.124. The van der Waals surface area contributed by atoms with Crippen molar-refractivity contribution in [1.82, 2.24) is 14.8 Å². The van der Waals surface area contributed by atoms with Gasteiger partial charge in [-0.2, -0.15) is 5.10 Å². The molecule has 0 aliphatic heterocycles. The summed E-state index contributed by atoms with van der Waals surface area (Å²) < 4.78 is 6.52. The van der Waals surface area contributed by atoms with E-state index >= 15 is 0 Å². The van der Waals surface area contributed by atoms with Gasteiger partial charge in [0.1, 0.15) is 5.75 Å². The van der Waals surface area contributed by atoms with E-state index < -0.39 is 0 Å². The molecule has 0 unspecified atom stereocenters. The number of carbonyl (C=O) groups excluding carboxylic acids is 1. The summed E-state index contributed by atoms with van der Waals surface area (Å²) in [5.41, 5.74) is 2.06. The molecule has 0 spiro atoms. The average Bonchev–Trinajstić information content (AvgIpc) is 2.70. The summed E-state index contributed by atoms with van der Waals surface area (Å²) in [6.07, 6.45) is 4.14. The number of amides is 1. The number of ether oxygens (including phenoxy) is 1. The lowest BCUT2D eigenvalue weighted by molar-refractivity contribution is -0.116. The first-order valence-corrected chi connectivity index (χ1v) is 8.58. The van der Waals surface area contributed by atoms with Crippen LogP contribution in [-0.2, 0) is 11.3 Å². The van der Waals surface area contributed by atoms with Gasteiger partial charge in [-0.1, -0.05) is 6.07 Å². The highest BCUT2D eigenvalue weighted by atomic mass is 16.5. The van der Waals surface area contributed by atoms with E-state index in [0.29, 0.717) is 30.1 Å². The molecule has 1 amide bonds. The highest BCUT2D eigenvalue weighted by molar-refractivity contribution is 5.90. The molecule has 0 saturated heterocycles. The quantitative estimate of drug-likeness (QED) is 0.697. The number of anilines is 1. The van der Waals surface area contributed by atoms with E-state index in [9.17, 15) is 9.59 Å². The zero-order valence-electron chi connectivity index (χ0n) is 15.0. The Bertz CT molecular complexity index is 970. The molecule has 0 saturated carbocycles. The third-order valence-electron chi connectivity index (χ3n) is 3.97. The molecular formula is C20H20N4O3. The summed E-state index contributed by atoms with van der Waals surface area (Å²) >= 11 is 0. The molecule has 2 aromatic heterocycles. The van der Waals surface area contributed by atoms with E-state index in [2.05, 4.69) is 15.4 Å². The predicted molar refractivity (Wildman–Crippen MR) is 103 cm³/mol. The van der Waals surface area contributed by atoms with Crippen LogP contribution in [0.1, 0.15) is 12.8 Å². The number of hydrogen-bond acceptors (Lipinski definition) is 5.